The van der Waals surface area contributed by atoms with Gasteiger partial charge in [0.05, 0.1) is 4.86 Å². The molecule has 3 rings (SSSR count). The number of benzene rings is 2. The van der Waals surface area contributed by atoms with E-state index in [-0.39, 0.29) is 0 Å². The molecule has 86 valence electrons. The van der Waals surface area contributed by atoms with Gasteiger partial charge in [-0.15, -0.1) is 0 Å². The topological polar surface area (TPSA) is 0 Å². The molecule has 0 bridgehead atoms. The molecule has 0 aromatic heterocycles. The molecule has 2 heteroatoms. The molecule has 1 aliphatic heterocycles. The number of allylic oxidation sites excluding steroid dienone is 1. The third-order valence-electron chi connectivity index (χ3n) is 2.85. The van der Waals surface area contributed by atoms with E-state index >= 15 is 0 Å². The van der Waals surface area contributed by atoms with Crippen molar-refractivity contribution in [1.82, 2.24) is 0 Å². The Bertz CT molecular complexity index is 599. The third kappa shape index (κ3) is 2.20. The van der Waals surface area contributed by atoms with Gasteiger partial charge in [0.1, 0.15) is 0 Å². The molecule has 0 unspecified atom stereocenters. The smallest absolute Gasteiger partial charge is 0.0511 e. The highest BCUT2D eigenvalue weighted by atomic mass is 32.1. The van der Waals surface area contributed by atoms with Crippen LogP contribution < -0.4 is 0 Å². The first-order valence-corrected chi connectivity index (χ1v) is 7.10. The first-order valence-electron chi connectivity index (χ1n) is 5.80. The summed E-state index contributed by atoms with van der Waals surface area (Å²) in [5, 5.41) is 2.53. The van der Waals surface area contributed by atoms with Crippen LogP contribution >= 0.6 is 20.4 Å². The van der Waals surface area contributed by atoms with Crippen molar-refractivity contribution < 1.29 is 0 Å². The van der Waals surface area contributed by atoms with Crippen molar-refractivity contribution in [2.45, 2.75) is 0 Å². The van der Waals surface area contributed by atoms with Crippen LogP contribution in [0.15, 0.2) is 66.7 Å². The van der Waals surface area contributed by atoms with Crippen molar-refractivity contribution in [1.29, 1.82) is 0 Å². The van der Waals surface area contributed by atoms with Crippen molar-refractivity contribution in [3.63, 3.8) is 0 Å². The van der Waals surface area contributed by atoms with Gasteiger partial charge in [0, 0.05) is 10.6 Å². The molecule has 0 nitrogen and oxygen atoms in total. The highest BCUT2D eigenvalue weighted by Gasteiger charge is 2.15. The Morgan fingerprint density at radius 1 is 0.722 bits per heavy atom. The van der Waals surface area contributed by atoms with Gasteiger partial charge in [-0.2, -0.15) is 0 Å². The number of hydrogen-bond donors (Lipinski definition) is 0. The Kier molecular flexibility index (Phi) is 3.19. The molecular weight excluding hydrogens is 255 g/mol. The lowest BCUT2D eigenvalue weighted by Crippen LogP contribution is -2.04. The van der Waals surface area contributed by atoms with E-state index in [1.54, 1.807) is 0 Å². The predicted octanol–water partition coefficient (Wildman–Crippen LogP) is 4.58. The summed E-state index contributed by atoms with van der Waals surface area (Å²) in [5.74, 6) is 0. The highest BCUT2D eigenvalue weighted by molar-refractivity contribution is 7.85. The molecule has 0 N–H and O–H groups in total. The summed E-state index contributed by atoms with van der Waals surface area (Å²) < 4.78 is 0. The zero-order valence-electron chi connectivity index (χ0n) is 9.71. The Balaban J connectivity index is 2.00. The molecule has 0 radical (unpaired) electrons. The lowest BCUT2D eigenvalue weighted by molar-refractivity contribution is 1.66. The van der Waals surface area contributed by atoms with E-state index in [2.05, 4.69) is 54.6 Å². The maximum Gasteiger partial charge on any atom is 0.0511 e. The molecule has 0 fully saturated rings. The summed E-state index contributed by atoms with van der Waals surface area (Å²) >= 11 is 5.48. The Morgan fingerprint density at radius 2 is 1.28 bits per heavy atom. The Labute approximate surface area is 114 Å². The lowest BCUT2D eigenvalue weighted by Gasteiger charge is -2.00. The van der Waals surface area contributed by atoms with Crippen LogP contribution in [0.4, 0.5) is 0 Å². The molecular formula is C16H11PS. The average molecular weight is 266 g/mol. The standard InChI is InChI=1S/C16H11PS/c18-15-11-14(12-7-3-1-4-8-12)17-16(15)13-9-5-2-6-10-13/h1-11H. The van der Waals surface area contributed by atoms with Gasteiger partial charge in [-0.05, 0) is 17.2 Å². The van der Waals surface area contributed by atoms with E-state index in [1.807, 2.05) is 12.1 Å². The van der Waals surface area contributed by atoms with E-state index in [0.29, 0.717) is 0 Å². The van der Waals surface area contributed by atoms with Crippen LogP contribution in [0.3, 0.4) is 0 Å². The second kappa shape index (κ2) is 4.97. The second-order valence-electron chi connectivity index (χ2n) is 4.09. The normalized spacial score (nSPS) is 15.2. The average Bonchev–Trinajstić information content (AvgIpc) is 2.83. The summed E-state index contributed by atoms with van der Waals surface area (Å²) in [6, 6.07) is 20.8. The molecule has 0 saturated carbocycles. The summed E-state index contributed by atoms with van der Waals surface area (Å²) in [6.07, 6.45) is 2.12. The molecule has 0 amide bonds. The first kappa shape index (κ1) is 11.5. The summed E-state index contributed by atoms with van der Waals surface area (Å²) in [5.41, 5.74) is 2.48. The van der Waals surface area contributed by atoms with Crippen LogP contribution in [-0.2, 0) is 0 Å². The Hall–Kier alpha value is -1.56. The van der Waals surface area contributed by atoms with Crippen molar-refractivity contribution in [2.75, 3.05) is 0 Å². The highest BCUT2D eigenvalue weighted by Crippen LogP contribution is 2.34. The quantitative estimate of drug-likeness (QED) is 0.566. The first-order chi connectivity index (χ1) is 8.84. The summed E-state index contributed by atoms with van der Waals surface area (Å²) in [6.45, 7) is 0. The van der Waals surface area contributed by atoms with Gasteiger partial charge >= 0.3 is 0 Å². The van der Waals surface area contributed by atoms with Gasteiger partial charge in [-0.3, -0.25) is 0 Å². The van der Waals surface area contributed by atoms with E-state index < -0.39 is 0 Å². The monoisotopic (exact) mass is 266 g/mol. The van der Waals surface area contributed by atoms with Crippen molar-refractivity contribution >= 4 is 35.9 Å². The Morgan fingerprint density at radius 3 is 1.89 bits per heavy atom. The second-order valence-corrected chi connectivity index (χ2v) is 5.68. The van der Waals surface area contributed by atoms with Crippen LogP contribution in [0.1, 0.15) is 11.1 Å². The van der Waals surface area contributed by atoms with Crippen LogP contribution in [0.2, 0.25) is 0 Å². The molecule has 1 heterocycles. The molecule has 0 spiro atoms. The van der Waals surface area contributed by atoms with Gasteiger partial charge in [0.15, 0.2) is 0 Å². The fourth-order valence-electron chi connectivity index (χ4n) is 1.96. The largest absolute Gasteiger partial charge is 0.0790 e. The maximum absolute atomic E-state index is 5.48. The molecule has 18 heavy (non-hydrogen) atoms. The van der Waals surface area contributed by atoms with Gasteiger partial charge in [-0.1, -0.05) is 81.1 Å². The fourth-order valence-corrected chi connectivity index (χ4v) is 3.59. The van der Waals surface area contributed by atoms with Gasteiger partial charge < -0.3 is 0 Å². The molecule has 0 atom stereocenters. The summed E-state index contributed by atoms with van der Waals surface area (Å²) in [7, 11) is 1.21. The molecule has 0 saturated heterocycles. The minimum absolute atomic E-state index is 0.960. The minimum Gasteiger partial charge on any atom is -0.0790 e. The van der Waals surface area contributed by atoms with Crippen molar-refractivity contribution in [3.05, 3.63) is 77.9 Å². The van der Waals surface area contributed by atoms with Crippen LogP contribution in [0.25, 0.3) is 5.31 Å². The van der Waals surface area contributed by atoms with Crippen LogP contribution in [0.5, 0.6) is 0 Å². The van der Waals surface area contributed by atoms with E-state index in [1.165, 1.54) is 29.9 Å². The zero-order valence-corrected chi connectivity index (χ0v) is 11.4. The number of thiocarbonyl (C=S) groups is 1. The third-order valence-corrected chi connectivity index (χ3v) is 4.67. The molecule has 1 aliphatic rings. The SMILES string of the molecule is S=C1C=C(c2ccccc2)P=C1c1ccccc1. The van der Waals surface area contributed by atoms with Crippen LogP contribution in [-0.4, -0.2) is 10.2 Å². The number of rotatable bonds is 2. The van der Waals surface area contributed by atoms with E-state index in [9.17, 15) is 0 Å². The van der Waals surface area contributed by atoms with Crippen molar-refractivity contribution in [2.24, 2.45) is 0 Å². The summed E-state index contributed by atoms with van der Waals surface area (Å²) in [4.78, 5) is 0.960. The van der Waals surface area contributed by atoms with Gasteiger partial charge in [0.2, 0.25) is 0 Å². The molecule has 2 aromatic rings. The van der Waals surface area contributed by atoms with Gasteiger partial charge in [0.25, 0.3) is 0 Å². The van der Waals surface area contributed by atoms with E-state index in [0.717, 1.165) is 4.86 Å². The van der Waals surface area contributed by atoms with Crippen LogP contribution in [0, 0.1) is 0 Å². The maximum atomic E-state index is 5.48. The lowest BCUT2D eigenvalue weighted by atomic mass is 10.1. The minimum atomic E-state index is 0.960. The predicted molar refractivity (Wildman–Crippen MR) is 84.5 cm³/mol. The number of hydrogen-bond acceptors (Lipinski definition) is 1. The van der Waals surface area contributed by atoms with Gasteiger partial charge in [-0.25, -0.2) is 0 Å². The van der Waals surface area contributed by atoms with E-state index in [4.69, 9.17) is 12.2 Å². The van der Waals surface area contributed by atoms with Crippen molar-refractivity contribution in [3.8, 4) is 0 Å². The fraction of sp³-hybridized carbons (Fsp3) is 0. The zero-order chi connectivity index (χ0) is 12.4. The molecule has 0 aliphatic carbocycles. The molecule has 2 aromatic carbocycles.